The van der Waals surface area contributed by atoms with Crippen LogP contribution in [-0.2, 0) is 9.47 Å². The predicted octanol–water partition coefficient (Wildman–Crippen LogP) is 0.765. The van der Waals surface area contributed by atoms with Gasteiger partial charge in [-0.3, -0.25) is 0 Å². The molecule has 0 saturated carbocycles. The molecule has 1 heterocycles. The van der Waals surface area contributed by atoms with Crippen LogP contribution in [0.25, 0.3) is 0 Å². The SMILES string of the molecule is CCOC(=O)[n+]1ccccc1C(=O)OC. The van der Waals surface area contributed by atoms with Crippen LogP contribution in [0.4, 0.5) is 4.79 Å². The maximum Gasteiger partial charge on any atom is 0.602 e. The maximum atomic E-state index is 11.4. The predicted molar refractivity (Wildman–Crippen MR) is 50.4 cm³/mol. The molecule has 0 aromatic carbocycles. The molecule has 0 atom stereocenters. The Kier molecular flexibility index (Phi) is 3.79. The number of ether oxygens (including phenoxy) is 2. The molecule has 15 heavy (non-hydrogen) atoms. The minimum Gasteiger partial charge on any atom is -0.461 e. The highest BCUT2D eigenvalue weighted by Gasteiger charge is 2.26. The topological polar surface area (TPSA) is 56.5 Å². The number of carbonyl (C=O) groups is 2. The third-order valence-electron chi connectivity index (χ3n) is 1.72. The van der Waals surface area contributed by atoms with Crippen LogP contribution in [0.15, 0.2) is 24.4 Å². The average molecular weight is 210 g/mol. The Morgan fingerprint density at radius 1 is 1.40 bits per heavy atom. The van der Waals surface area contributed by atoms with Gasteiger partial charge in [-0.15, -0.1) is 0 Å². The van der Waals surface area contributed by atoms with E-state index in [0.29, 0.717) is 0 Å². The molecule has 0 unspecified atom stereocenters. The highest BCUT2D eigenvalue weighted by atomic mass is 16.6. The van der Waals surface area contributed by atoms with Crippen molar-refractivity contribution >= 4 is 12.1 Å². The summed E-state index contributed by atoms with van der Waals surface area (Å²) in [4.78, 5) is 22.7. The monoisotopic (exact) mass is 210 g/mol. The number of methoxy groups -OCH3 is 1. The number of pyridine rings is 1. The van der Waals surface area contributed by atoms with Crippen molar-refractivity contribution < 1.29 is 23.6 Å². The van der Waals surface area contributed by atoms with E-state index in [4.69, 9.17) is 4.74 Å². The third kappa shape index (κ3) is 2.52. The molecule has 0 aliphatic rings. The fourth-order valence-electron chi connectivity index (χ4n) is 1.07. The van der Waals surface area contributed by atoms with Crippen molar-refractivity contribution in [3.63, 3.8) is 0 Å². The fourth-order valence-corrected chi connectivity index (χ4v) is 1.07. The van der Waals surface area contributed by atoms with Crippen molar-refractivity contribution in [3.05, 3.63) is 30.1 Å². The van der Waals surface area contributed by atoms with Crippen LogP contribution in [0.1, 0.15) is 17.4 Å². The summed E-state index contributed by atoms with van der Waals surface area (Å²) in [6.45, 7) is 1.94. The molecule has 0 aliphatic carbocycles. The molecule has 0 aliphatic heterocycles. The Balaban J connectivity index is 3.06. The molecular formula is C10H12NO4+. The third-order valence-corrected chi connectivity index (χ3v) is 1.72. The first kappa shape index (κ1) is 11.2. The molecule has 0 bridgehead atoms. The van der Waals surface area contributed by atoms with E-state index in [2.05, 4.69) is 4.74 Å². The van der Waals surface area contributed by atoms with E-state index in [0.717, 1.165) is 4.57 Å². The Hall–Kier alpha value is -1.91. The second kappa shape index (κ2) is 5.09. The number of carbonyl (C=O) groups excluding carboxylic acids is 2. The number of hydrogen-bond acceptors (Lipinski definition) is 4. The van der Waals surface area contributed by atoms with Crippen molar-refractivity contribution in [2.45, 2.75) is 6.92 Å². The minimum atomic E-state index is -0.599. The van der Waals surface area contributed by atoms with Crippen molar-refractivity contribution in [1.29, 1.82) is 0 Å². The first-order valence-corrected chi connectivity index (χ1v) is 4.46. The summed E-state index contributed by atoms with van der Waals surface area (Å²) in [5.41, 5.74) is 0.137. The molecule has 1 aromatic heterocycles. The standard InChI is InChI=1S/C10H12NO4/c1-3-15-10(13)11-7-5-4-6-8(11)9(12)14-2/h4-7H,3H2,1-2H3/q+1. The molecule has 1 aromatic rings. The van der Waals surface area contributed by atoms with Crippen molar-refractivity contribution in [2.75, 3.05) is 13.7 Å². The summed E-state index contributed by atoms with van der Waals surface area (Å²) in [5, 5.41) is 0. The zero-order chi connectivity index (χ0) is 11.3. The zero-order valence-electron chi connectivity index (χ0n) is 8.60. The van der Waals surface area contributed by atoms with Crippen LogP contribution in [0.2, 0.25) is 0 Å². The molecule has 0 amide bonds. The Morgan fingerprint density at radius 3 is 2.73 bits per heavy atom. The molecule has 0 radical (unpaired) electrons. The van der Waals surface area contributed by atoms with Gasteiger partial charge in [-0.25, -0.2) is 4.79 Å². The molecule has 5 nitrogen and oxygen atoms in total. The van der Waals surface area contributed by atoms with Gasteiger partial charge in [0, 0.05) is 12.1 Å². The lowest BCUT2D eigenvalue weighted by Crippen LogP contribution is -2.48. The Bertz CT molecular complexity index is 375. The van der Waals surface area contributed by atoms with Crippen molar-refractivity contribution in [1.82, 2.24) is 0 Å². The number of aromatic nitrogens is 1. The van der Waals surface area contributed by atoms with Gasteiger partial charge in [0.2, 0.25) is 0 Å². The van der Waals surface area contributed by atoms with E-state index in [1.54, 1.807) is 19.1 Å². The number of rotatable bonds is 2. The molecular weight excluding hydrogens is 198 g/mol. The summed E-state index contributed by atoms with van der Waals surface area (Å²) in [6.07, 6.45) is 0.850. The second-order valence-corrected chi connectivity index (χ2v) is 2.65. The average Bonchev–Trinajstić information content (AvgIpc) is 2.28. The quantitative estimate of drug-likeness (QED) is 0.534. The first-order valence-electron chi connectivity index (χ1n) is 4.46. The van der Waals surface area contributed by atoms with Crippen LogP contribution >= 0.6 is 0 Å². The lowest BCUT2D eigenvalue weighted by Gasteiger charge is -1.99. The zero-order valence-corrected chi connectivity index (χ0v) is 8.60. The highest BCUT2D eigenvalue weighted by Crippen LogP contribution is 1.94. The number of esters is 1. The van der Waals surface area contributed by atoms with Crippen LogP contribution in [0.3, 0.4) is 0 Å². The van der Waals surface area contributed by atoms with Crippen molar-refractivity contribution in [3.8, 4) is 0 Å². The molecule has 5 heteroatoms. The van der Waals surface area contributed by atoms with Crippen LogP contribution < -0.4 is 4.57 Å². The Labute approximate surface area is 87.2 Å². The summed E-state index contributed by atoms with van der Waals surface area (Å²) in [5.74, 6) is -0.580. The fraction of sp³-hybridized carbons (Fsp3) is 0.300. The highest BCUT2D eigenvalue weighted by molar-refractivity contribution is 5.86. The number of nitrogens with zero attached hydrogens (tertiary/aromatic N) is 1. The molecule has 0 saturated heterocycles. The van der Waals surface area contributed by atoms with Gasteiger partial charge < -0.3 is 9.47 Å². The van der Waals surface area contributed by atoms with Gasteiger partial charge in [0.1, 0.15) is 0 Å². The van der Waals surface area contributed by atoms with Crippen molar-refractivity contribution in [2.24, 2.45) is 0 Å². The molecule has 1 rings (SSSR count). The molecule has 0 spiro atoms. The van der Waals surface area contributed by atoms with E-state index in [1.807, 2.05) is 0 Å². The van der Waals surface area contributed by atoms with E-state index in [1.165, 1.54) is 19.4 Å². The summed E-state index contributed by atoms with van der Waals surface area (Å²) >= 11 is 0. The molecule has 80 valence electrons. The summed E-state index contributed by atoms with van der Waals surface area (Å²) in [6, 6.07) is 4.76. The van der Waals surface area contributed by atoms with Gasteiger partial charge in [0.25, 0.3) is 0 Å². The second-order valence-electron chi connectivity index (χ2n) is 2.65. The van der Waals surface area contributed by atoms with E-state index < -0.39 is 12.1 Å². The normalized spacial score (nSPS) is 9.47. The molecule has 0 fully saturated rings. The largest absolute Gasteiger partial charge is 0.602 e. The first-order chi connectivity index (χ1) is 7.20. The number of hydrogen-bond donors (Lipinski definition) is 0. The van der Waals surface area contributed by atoms with E-state index >= 15 is 0 Å². The van der Waals surface area contributed by atoms with Gasteiger partial charge in [-0.2, -0.15) is 4.79 Å². The van der Waals surface area contributed by atoms with Gasteiger partial charge in [-0.05, 0) is 13.0 Å². The van der Waals surface area contributed by atoms with Gasteiger partial charge in [-0.1, -0.05) is 4.57 Å². The van der Waals surface area contributed by atoms with Gasteiger partial charge in [0.05, 0.1) is 13.7 Å². The smallest absolute Gasteiger partial charge is 0.461 e. The van der Waals surface area contributed by atoms with Gasteiger partial charge in [0.15, 0.2) is 6.20 Å². The van der Waals surface area contributed by atoms with Gasteiger partial charge >= 0.3 is 17.8 Å². The lowest BCUT2D eigenvalue weighted by atomic mass is 10.3. The maximum absolute atomic E-state index is 11.4. The van der Waals surface area contributed by atoms with E-state index in [-0.39, 0.29) is 12.3 Å². The van der Waals surface area contributed by atoms with Crippen LogP contribution in [-0.4, -0.2) is 25.8 Å². The van der Waals surface area contributed by atoms with Crippen LogP contribution in [0.5, 0.6) is 0 Å². The Morgan fingerprint density at radius 2 is 2.13 bits per heavy atom. The van der Waals surface area contributed by atoms with E-state index in [9.17, 15) is 9.59 Å². The lowest BCUT2D eigenvalue weighted by molar-refractivity contribution is -0.589. The summed E-state index contributed by atoms with van der Waals surface area (Å²) < 4.78 is 10.4. The molecule has 0 N–H and O–H groups in total. The van der Waals surface area contributed by atoms with Crippen LogP contribution in [0, 0.1) is 0 Å². The summed E-state index contributed by atoms with van der Waals surface area (Å²) in [7, 11) is 1.25. The minimum absolute atomic E-state index is 0.137.